The zero-order chi connectivity index (χ0) is 49.9. The second-order valence-corrected chi connectivity index (χ2v) is 18.5. The number of nitrogens with one attached hydrogen (secondary N) is 1. The van der Waals surface area contributed by atoms with Crippen molar-refractivity contribution in [3.8, 4) is 17.9 Å². The van der Waals surface area contributed by atoms with Crippen molar-refractivity contribution >= 4 is 37.4 Å². The molecule has 0 amide bonds. The maximum Gasteiger partial charge on any atom is 0.344 e. The van der Waals surface area contributed by atoms with Crippen LogP contribution < -0.4 is 10.2 Å². The molecule has 7 aromatic rings. The molecule has 0 radical (unpaired) electrons. The molecule has 3 heterocycles. The summed E-state index contributed by atoms with van der Waals surface area (Å²) in [5, 5.41) is 19.4. The third-order valence-electron chi connectivity index (χ3n) is 12.1. The lowest BCUT2D eigenvalue weighted by atomic mass is 9.64. The molecule has 17 heteroatoms. The molecule has 0 aliphatic carbocycles. The molecule has 1 aliphatic heterocycles. The van der Waals surface area contributed by atoms with E-state index < -0.39 is 50.4 Å². The highest BCUT2D eigenvalue weighted by Gasteiger charge is 2.57. The summed E-state index contributed by atoms with van der Waals surface area (Å²) >= 11 is 0. The van der Waals surface area contributed by atoms with E-state index in [1.807, 2.05) is 91.0 Å². The molecule has 5 aromatic carbocycles. The number of carbonyl (C=O) groups excluding carboxylic acids is 2. The van der Waals surface area contributed by atoms with E-state index in [0.29, 0.717) is 17.0 Å². The minimum Gasteiger partial charge on any atom is -0.454 e. The highest BCUT2D eigenvalue weighted by atomic mass is 31.2. The summed E-state index contributed by atoms with van der Waals surface area (Å²) < 4.78 is 38.1. The Hall–Kier alpha value is -7.40. The highest BCUT2D eigenvalue weighted by Crippen LogP contribution is 2.54. The van der Waals surface area contributed by atoms with Crippen molar-refractivity contribution in [2.75, 3.05) is 19.2 Å². The zero-order valence-electron chi connectivity index (χ0n) is 39.9. The van der Waals surface area contributed by atoms with E-state index >= 15 is 4.79 Å². The summed E-state index contributed by atoms with van der Waals surface area (Å²) in [6.45, 7) is 8.32. The van der Waals surface area contributed by atoms with Gasteiger partial charge in [0.1, 0.15) is 36.6 Å². The van der Waals surface area contributed by atoms with Crippen LogP contribution in [0.5, 0.6) is 5.75 Å². The Morgan fingerprint density at radius 1 is 0.803 bits per heavy atom. The predicted octanol–water partition coefficient (Wildman–Crippen LogP) is 10.1. The van der Waals surface area contributed by atoms with Gasteiger partial charge in [-0.1, -0.05) is 115 Å². The number of fused-ring (bicyclic) bond motifs is 1. The van der Waals surface area contributed by atoms with Gasteiger partial charge >= 0.3 is 11.9 Å². The van der Waals surface area contributed by atoms with Crippen molar-refractivity contribution in [2.24, 2.45) is 0 Å². The van der Waals surface area contributed by atoms with E-state index in [0.717, 1.165) is 16.7 Å². The van der Waals surface area contributed by atoms with Gasteiger partial charge in [0.15, 0.2) is 17.0 Å². The third kappa shape index (κ3) is 10.6. The van der Waals surface area contributed by atoms with Crippen LogP contribution in [0.25, 0.3) is 11.2 Å². The van der Waals surface area contributed by atoms with Crippen LogP contribution in [0, 0.1) is 22.7 Å². The van der Waals surface area contributed by atoms with Crippen LogP contribution in [-0.2, 0) is 28.8 Å². The quantitative estimate of drug-likeness (QED) is 0.0189. The van der Waals surface area contributed by atoms with Crippen LogP contribution in [-0.4, -0.2) is 80.2 Å². The van der Waals surface area contributed by atoms with Crippen LogP contribution in [0.1, 0.15) is 89.7 Å². The van der Waals surface area contributed by atoms with Crippen LogP contribution >= 0.6 is 8.53 Å². The fourth-order valence-corrected chi connectivity index (χ4v) is 10.9. The van der Waals surface area contributed by atoms with Gasteiger partial charge in [-0.2, -0.15) is 10.5 Å². The lowest BCUT2D eigenvalue weighted by Crippen LogP contribution is -2.54. The topological polar surface area (TPSA) is 196 Å². The molecular formula is C54H53N8O8P. The van der Waals surface area contributed by atoms with Crippen molar-refractivity contribution in [1.82, 2.24) is 24.2 Å². The Morgan fingerprint density at radius 3 is 1.96 bits per heavy atom. The molecule has 0 saturated carbocycles. The minimum atomic E-state index is -1.90. The van der Waals surface area contributed by atoms with Gasteiger partial charge in [0.25, 0.3) is 8.53 Å². The second-order valence-electron chi connectivity index (χ2n) is 17.1. The number of nitrogens with zero attached hydrogens (tertiary/aromatic N) is 7. The van der Waals surface area contributed by atoms with Gasteiger partial charge in [-0.05, 0) is 68.7 Å². The molecule has 8 rings (SSSR count). The fraction of sp³-hybridized carbons (Fsp3) is 0.278. The number of hydrogen-bond acceptors (Lipinski definition) is 15. The smallest absolute Gasteiger partial charge is 0.344 e. The summed E-state index contributed by atoms with van der Waals surface area (Å²) in [6.07, 6.45) is -0.817. The van der Waals surface area contributed by atoms with Crippen molar-refractivity contribution in [1.29, 1.82) is 10.5 Å². The van der Waals surface area contributed by atoms with Gasteiger partial charge in [0.05, 0.1) is 60.7 Å². The number of aromatic nitrogens is 4. The second kappa shape index (κ2) is 23.0. The van der Waals surface area contributed by atoms with E-state index in [4.69, 9.17) is 28.1 Å². The van der Waals surface area contributed by atoms with Crippen molar-refractivity contribution in [3.63, 3.8) is 0 Å². The number of hydrogen-bond donors (Lipinski definition) is 1. The SMILES string of the molecule is CONc1ncnc2c1ncn2[C@H]1C[C@H](OP(OCCC#N)N(C(C)C)C(C)C)[C@@H](C(OC(=O)c2ccccc2C(=O)Oc2ccccc2C#N)C(c2ccccc2)(c2ccccc2)c2ccccc2)O1. The largest absolute Gasteiger partial charge is 0.454 e. The standard InChI is InChI=1S/C54H53N8O8P/c1-36(2)62(37(3)4)71(66-31-19-30-55)70-45-32-46(61-35-59-47-50(60-65-5)57-34-58-51(47)61)68-48(45)49(54(39-21-9-6-10-22-39,40-23-11-7-12-24-40)41-25-13-8-14-26-41)69-53(64)43-28-17-16-27-42(43)52(63)67-44-29-18-15-20-38(44)33-56/h6-18,20-29,34-37,45-46,48-49H,19,31-32H2,1-5H3,(H,57,58,60)/t45-,46+,48-,49?,71?/m0/s1. The van der Waals surface area contributed by atoms with Gasteiger partial charge in [-0.25, -0.2) is 34.7 Å². The summed E-state index contributed by atoms with van der Waals surface area (Å²) in [5.41, 5.74) is 4.53. The Morgan fingerprint density at radius 2 is 1.38 bits per heavy atom. The van der Waals surface area contributed by atoms with Crippen LogP contribution in [0.2, 0.25) is 0 Å². The Balaban J connectivity index is 1.36. The van der Waals surface area contributed by atoms with Gasteiger partial charge in [0, 0.05) is 18.5 Å². The summed E-state index contributed by atoms with van der Waals surface area (Å²) in [5.74, 6) is -1.34. The molecule has 1 saturated heterocycles. The molecule has 2 aromatic heterocycles. The normalized spacial score (nSPS) is 16.6. The van der Waals surface area contributed by atoms with E-state index in [-0.39, 0.29) is 54.0 Å². The number of imidazole rings is 1. The molecule has 362 valence electrons. The number of ether oxygens (including phenoxy) is 3. The molecule has 71 heavy (non-hydrogen) atoms. The summed E-state index contributed by atoms with van der Waals surface area (Å²) in [6, 6.07) is 46.0. The van der Waals surface area contributed by atoms with Crippen molar-refractivity contribution in [2.45, 2.75) is 82.6 Å². The van der Waals surface area contributed by atoms with Crippen molar-refractivity contribution < 1.29 is 37.7 Å². The molecule has 2 unspecified atom stereocenters. The first-order valence-corrected chi connectivity index (χ1v) is 24.3. The molecule has 1 aliphatic rings. The summed E-state index contributed by atoms with van der Waals surface area (Å²) in [4.78, 5) is 48.5. The van der Waals surface area contributed by atoms with Gasteiger partial charge < -0.3 is 23.3 Å². The molecule has 16 nitrogen and oxygen atoms in total. The number of carbonyl (C=O) groups is 2. The van der Waals surface area contributed by atoms with Crippen LogP contribution in [0.3, 0.4) is 0 Å². The average Bonchev–Trinajstić information content (AvgIpc) is 4.02. The highest BCUT2D eigenvalue weighted by molar-refractivity contribution is 7.44. The first kappa shape index (κ1) is 50.0. The molecule has 0 spiro atoms. The number of para-hydroxylation sites is 1. The number of nitriles is 2. The predicted molar refractivity (Wildman–Crippen MR) is 266 cm³/mol. The van der Waals surface area contributed by atoms with Gasteiger partial charge in [0.2, 0.25) is 0 Å². The molecule has 5 atom stereocenters. The first-order valence-electron chi connectivity index (χ1n) is 23.2. The minimum absolute atomic E-state index is 0.0374. The number of rotatable bonds is 20. The van der Waals surface area contributed by atoms with Crippen LogP contribution in [0.4, 0.5) is 5.82 Å². The maximum atomic E-state index is 15.5. The van der Waals surface area contributed by atoms with E-state index in [1.54, 1.807) is 35.2 Å². The maximum absolute atomic E-state index is 15.5. The van der Waals surface area contributed by atoms with E-state index in [2.05, 4.69) is 64.9 Å². The number of benzene rings is 5. The van der Waals surface area contributed by atoms with Gasteiger partial charge in [-0.15, -0.1) is 0 Å². The Labute approximate surface area is 413 Å². The van der Waals surface area contributed by atoms with Gasteiger partial charge in [-0.3, -0.25) is 9.40 Å². The Bertz CT molecular complexity index is 2900. The number of esters is 2. The lowest BCUT2D eigenvalue weighted by Gasteiger charge is -2.45. The fourth-order valence-electron chi connectivity index (χ4n) is 9.17. The zero-order valence-corrected chi connectivity index (χ0v) is 40.8. The average molecular weight is 973 g/mol. The molecule has 1 N–H and O–H groups in total. The first-order chi connectivity index (χ1) is 34.6. The Kier molecular flexibility index (Phi) is 16.2. The summed E-state index contributed by atoms with van der Waals surface area (Å²) in [7, 11) is -0.430. The molecular weight excluding hydrogens is 920 g/mol. The molecule has 0 bridgehead atoms. The number of anilines is 1. The lowest BCUT2D eigenvalue weighted by molar-refractivity contribution is -0.101. The molecule has 1 fully saturated rings. The van der Waals surface area contributed by atoms with Crippen LogP contribution in [0.15, 0.2) is 152 Å². The van der Waals surface area contributed by atoms with E-state index in [1.165, 1.54) is 37.7 Å². The monoisotopic (exact) mass is 972 g/mol. The third-order valence-corrected chi connectivity index (χ3v) is 14.2. The van der Waals surface area contributed by atoms with Crippen molar-refractivity contribution in [3.05, 3.63) is 186 Å². The van der Waals surface area contributed by atoms with E-state index in [9.17, 15) is 15.3 Å².